The number of alkyl halides is 1. The molecule has 2 rings (SSSR count). The van der Waals surface area contributed by atoms with E-state index in [4.69, 9.17) is 0 Å². The monoisotopic (exact) mass is 264 g/mol. The Morgan fingerprint density at radius 3 is 2.74 bits per heavy atom. The lowest BCUT2D eigenvalue weighted by molar-refractivity contribution is 0.0744. The Morgan fingerprint density at radius 2 is 2.11 bits per heavy atom. The quantitative estimate of drug-likeness (QED) is 0.879. The van der Waals surface area contributed by atoms with Gasteiger partial charge in [0, 0.05) is 25.7 Å². The minimum atomic E-state index is -0.259. The van der Waals surface area contributed by atoms with Crippen LogP contribution in [0.2, 0.25) is 0 Å². The molecule has 1 aromatic carbocycles. The SMILES string of the molecule is CCCC1CNC(C)(c2ccccc2)CN1CCF. The van der Waals surface area contributed by atoms with Crippen molar-refractivity contribution in [3.63, 3.8) is 0 Å². The Labute approximate surface area is 116 Å². The molecule has 2 nitrogen and oxygen atoms in total. The van der Waals surface area contributed by atoms with Crippen LogP contribution >= 0.6 is 0 Å². The highest BCUT2D eigenvalue weighted by atomic mass is 19.1. The Hall–Kier alpha value is -0.930. The van der Waals surface area contributed by atoms with Gasteiger partial charge in [0.05, 0.1) is 5.54 Å². The molecule has 0 bridgehead atoms. The molecule has 0 amide bonds. The summed E-state index contributed by atoms with van der Waals surface area (Å²) in [6, 6.07) is 11.0. The lowest BCUT2D eigenvalue weighted by Crippen LogP contribution is -2.61. The molecule has 1 N–H and O–H groups in total. The molecule has 19 heavy (non-hydrogen) atoms. The third-order valence-electron chi connectivity index (χ3n) is 4.17. The Kier molecular flexibility index (Phi) is 4.94. The van der Waals surface area contributed by atoms with Gasteiger partial charge in [-0.3, -0.25) is 4.90 Å². The maximum Gasteiger partial charge on any atom is 0.102 e. The van der Waals surface area contributed by atoms with Gasteiger partial charge in [-0.25, -0.2) is 4.39 Å². The van der Waals surface area contributed by atoms with Crippen LogP contribution in [0.3, 0.4) is 0 Å². The van der Waals surface area contributed by atoms with Gasteiger partial charge in [-0.2, -0.15) is 0 Å². The summed E-state index contributed by atoms with van der Waals surface area (Å²) in [5.41, 5.74) is 1.22. The summed E-state index contributed by atoms with van der Waals surface area (Å²) < 4.78 is 12.8. The zero-order valence-corrected chi connectivity index (χ0v) is 12.0. The van der Waals surface area contributed by atoms with Crippen LogP contribution in [0.4, 0.5) is 4.39 Å². The summed E-state index contributed by atoms with van der Waals surface area (Å²) in [4.78, 5) is 2.31. The second-order valence-corrected chi connectivity index (χ2v) is 5.68. The highest BCUT2D eigenvalue weighted by molar-refractivity contribution is 5.25. The van der Waals surface area contributed by atoms with Crippen molar-refractivity contribution in [3.05, 3.63) is 35.9 Å². The van der Waals surface area contributed by atoms with Crippen molar-refractivity contribution in [1.29, 1.82) is 0 Å². The molecule has 1 aliphatic heterocycles. The molecule has 1 aromatic rings. The summed E-state index contributed by atoms with van der Waals surface area (Å²) in [7, 11) is 0. The fourth-order valence-electron chi connectivity index (χ4n) is 3.05. The van der Waals surface area contributed by atoms with Crippen molar-refractivity contribution in [2.24, 2.45) is 0 Å². The van der Waals surface area contributed by atoms with Gasteiger partial charge in [0.2, 0.25) is 0 Å². The zero-order valence-electron chi connectivity index (χ0n) is 12.0. The van der Waals surface area contributed by atoms with E-state index in [-0.39, 0.29) is 12.2 Å². The zero-order chi connectivity index (χ0) is 13.7. The second-order valence-electron chi connectivity index (χ2n) is 5.68. The van der Waals surface area contributed by atoms with E-state index in [0.29, 0.717) is 12.6 Å². The van der Waals surface area contributed by atoms with Crippen molar-refractivity contribution >= 4 is 0 Å². The van der Waals surface area contributed by atoms with Gasteiger partial charge >= 0.3 is 0 Å². The molecule has 1 aliphatic rings. The first kappa shape index (κ1) is 14.5. The van der Waals surface area contributed by atoms with Crippen molar-refractivity contribution in [1.82, 2.24) is 10.2 Å². The van der Waals surface area contributed by atoms with Crippen LogP contribution in [-0.2, 0) is 5.54 Å². The first-order valence-corrected chi connectivity index (χ1v) is 7.30. The molecule has 0 aliphatic carbocycles. The molecule has 106 valence electrons. The lowest BCUT2D eigenvalue weighted by atomic mass is 9.87. The molecule has 0 aromatic heterocycles. The van der Waals surface area contributed by atoms with Crippen LogP contribution in [-0.4, -0.2) is 37.3 Å². The highest BCUT2D eigenvalue weighted by Gasteiger charge is 2.36. The van der Waals surface area contributed by atoms with E-state index in [9.17, 15) is 4.39 Å². The number of hydrogen-bond donors (Lipinski definition) is 1. The van der Waals surface area contributed by atoms with Crippen molar-refractivity contribution < 1.29 is 4.39 Å². The summed E-state index contributed by atoms with van der Waals surface area (Å²) in [5.74, 6) is 0. The van der Waals surface area contributed by atoms with E-state index >= 15 is 0 Å². The minimum Gasteiger partial charge on any atom is -0.305 e. The van der Waals surface area contributed by atoms with Gasteiger partial charge in [-0.15, -0.1) is 0 Å². The fourth-order valence-corrected chi connectivity index (χ4v) is 3.05. The molecule has 0 saturated carbocycles. The molecule has 1 heterocycles. The summed E-state index contributed by atoms with van der Waals surface area (Å²) in [5, 5.41) is 3.67. The summed E-state index contributed by atoms with van der Waals surface area (Å²) in [6.07, 6.45) is 2.29. The largest absolute Gasteiger partial charge is 0.305 e. The average Bonchev–Trinajstić information content (AvgIpc) is 2.44. The van der Waals surface area contributed by atoms with E-state index < -0.39 is 0 Å². The molecule has 1 saturated heterocycles. The van der Waals surface area contributed by atoms with Crippen LogP contribution in [0.5, 0.6) is 0 Å². The Morgan fingerprint density at radius 1 is 1.37 bits per heavy atom. The number of benzene rings is 1. The number of halogens is 1. The van der Waals surface area contributed by atoms with E-state index in [0.717, 1.165) is 25.9 Å². The van der Waals surface area contributed by atoms with Gasteiger partial charge in [0.15, 0.2) is 0 Å². The standard InChI is InChI=1S/C16H25FN2/c1-3-7-15-12-18-16(2,13-19(15)11-10-17)14-8-5-4-6-9-14/h4-6,8-9,15,18H,3,7,10-13H2,1-2H3. The minimum absolute atomic E-state index is 0.0688. The predicted molar refractivity (Wildman–Crippen MR) is 78.0 cm³/mol. The van der Waals surface area contributed by atoms with Crippen LogP contribution in [0, 0.1) is 0 Å². The number of rotatable bonds is 5. The number of piperazine rings is 1. The van der Waals surface area contributed by atoms with E-state index in [2.05, 4.69) is 48.3 Å². The van der Waals surface area contributed by atoms with Crippen LogP contribution in [0.15, 0.2) is 30.3 Å². The Balaban J connectivity index is 2.13. The van der Waals surface area contributed by atoms with E-state index in [1.54, 1.807) is 0 Å². The van der Waals surface area contributed by atoms with Crippen molar-refractivity contribution in [2.75, 3.05) is 26.3 Å². The van der Waals surface area contributed by atoms with Crippen LogP contribution in [0.1, 0.15) is 32.3 Å². The van der Waals surface area contributed by atoms with Crippen molar-refractivity contribution in [3.8, 4) is 0 Å². The Bertz CT molecular complexity index is 382. The molecule has 3 heteroatoms. The first-order chi connectivity index (χ1) is 9.19. The molecular weight excluding hydrogens is 239 g/mol. The van der Waals surface area contributed by atoms with Crippen LogP contribution < -0.4 is 5.32 Å². The molecule has 0 radical (unpaired) electrons. The molecular formula is C16H25FN2. The summed E-state index contributed by atoms with van der Waals surface area (Å²) >= 11 is 0. The van der Waals surface area contributed by atoms with Crippen molar-refractivity contribution in [2.45, 2.75) is 38.3 Å². The predicted octanol–water partition coefficient (Wildman–Crippen LogP) is 2.95. The molecule has 0 spiro atoms. The van der Waals surface area contributed by atoms with Gasteiger partial charge in [-0.05, 0) is 18.9 Å². The van der Waals surface area contributed by atoms with E-state index in [1.807, 2.05) is 6.07 Å². The fraction of sp³-hybridized carbons (Fsp3) is 0.625. The third-order valence-corrected chi connectivity index (χ3v) is 4.17. The third kappa shape index (κ3) is 3.34. The smallest absolute Gasteiger partial charge is 0.102 e. The topological polar surface area (TPSA) is 15.3 Å². The highest BCUT2D eigenvalue weighted by Crippen LogP contribution is 2.27. The first-order valence-electron chi connectivity index (χ1n) is 7.30. The molecule has 2 atom stereocenters. The summed E-state index contributed by atoms with van der Waals surface area (Å²) in [6.45, 7) is 6.53. The normalized spacial score (nSPS) is 28.5. The maximum atomic E-state index is 12.8. The van der Waals surface area contributed by atoms with Crippen LogP contribution in [0.25, 0.3) is 0 Å². The second kappa shape index (κ2) is 6.49. The maximum absolute atomic E-state index is 12.8. The number of hydrogen-bond acceptors (Lipinski definition) is 2. The average molecular weight is 264 g/mol. The molecule has 2 unspecified atom stereocenters. The molecule has 1 fully saturated rings. The van der Waals surface area contributed by atoms with Gasteiger partial charge in [0.25, 0.3) is 0 Å². The van der Waals surface area contributed by atoms with E-state index in [1.165, 1.54) is 5.56 Å². The lowest BCUT2D eigenvalue weighted by Gasteiger charge is -2.46. The van der Waals surface area contributed by atoms with Gasteiger partial charge < -0.3 is 5.32 Å². The van der Waals surface area contributed by atoms with Gasteiger partial charge in [-0.1, -0.05) is 43.7 Å². The van der Waals surface area contributed by atoms with Gasteiger partial charge in [0.1, 0.15) is 6.67 Å². The number of nitrogens with one attached hydrogen (secondary N) is 1. The number of nitrogens with zero attached hydrogens (tertiary/aromatic N) is 1.